The molecule has 1 aromatic rings. The Bertz CT molecular complexity index is 572. The molecule has 0 saturated carbocycles. The van der Waals surface area contributed by atoms with E-state index in [-0.39, 0.29) is 28.6 Å². The molecule has 2 rings (SSSR count). The molecule has 1 aliphatic heterocycles. The molecule has 3 amide bonds. The van der Waals surface area contributed by atoms with Gasteiger partial charge < -0.3 is 5.32 Å². The van der Waals surface area contributed by atoms with Gasteiger partial charge >= 0.3 is 0 Å². The number of imide groups is 1. The van der Waals surface area contributed by atoms with Gasteiger partial charge in [-0.25, -0.2) is 0 Å². The second kappa shape index (κ2) is 6.05. The van der Waals surface area contributed by atoms with Gasteiger partial charge in [0.25, 0.3) is 11.8 Å². The highest BCUT2D eigenvalue weighted by Crippen LogP contribution is 2.28. The Hall–Kier alpha value is -1.88. The second-order valence-corrected chi connectivity index (χ2v) is 4.97. The van der Waals surface area contributed by atoms with Crippen molar-refractivity contribution < 1.29 is 14.4 Å². The van der Waals surface area contributed by atoms with Crippen LogP contribution in [0.5, 0.6) is 0 Å². The molecule has 1 aromatic carbocycles. The highest BCUT2D eigenvalue weighted by atomic mass is 35.5. The van der Waals surface area contributed by atoms with Crippen molar-refractivity contribution in [2.24, 2.45) is 0 Å². The number of carbonyl (C=O) groups is 3. The summed E-state index contributed by atoms with van der Waals surface area (Å²) < 4.78 is 0. The molecule has 1 N–H and O–H groups in total. The van der Waals surface area contributed by atoms with E-state index in [0.29, 0.717) is 6.54 Å². The average Bonchev–Trinajstić information content (AvgIpc) is 2.65. The minimum atomic E-state index is -0.513. The lowest BCUT2D eigenvalue weighted by Gasteiger charge is -2.13. The zero-order valence-corrected chi connectivity index (χ0v) is 11.9. The largest absolute Gasteiger partial charge is 0.355 e. The third-order valence-electron chi connectivity index (χ3n) is 3.10. The van der Waals surface area contributed by atoms with Gasteiger partial charge in [0.15, 0.2) is 0 Å². The summed E-state index contributed by atoms with van der Waals surface area (Å²) in [6.45, 7) is 2.28. The number of hydrogen-bond acceptors (Lipinski definition) is 3. The van der Waals surface area contributed by atoms with Crippen LogP contribution in [-0.2, 0) is 4.79 Å². The smallest absolute Gasteiger partial charge is 0.263 e. The van der Waals surface area contributed by atoms with Crippen LogP contribution in [0.4, 0.5) is 0 Å². The summed E-state index contributed by atoms with van der Waals surface area (Å²) in [6.07, 6.45) is 1.82. The minimum Gasteiger partial charge on any atom is -0.355 e. The first-order valence-corrected chi connectivity index (χ1v) is 6.85. The van der Waals surface area contributed by atoms with Gasteiger partial charge in [0.2, 0.25) is 5.91 Å². The van der Waals surface area contributed by atoms with Crippen molar-refractivity contribution in [2.45, 2.75) is 19.8 Å². The number of carbonyl (C=O) groups excluding carboxylic acids is 3. The fraction of sp³-hybridized carbons (Fsp3) is 0.357. The maximum absolute atomic E-state index is 12.1. The monoisotopic (exact) mass is 294 g/mol. The lowest BCUT2D eigenvalue weighted by Crippen LogP contribution is -2.40. The number of fused-ring (bicyclic) bond motifs is 1. The van der Waals surface area contributed by atoms with Gasteiger partial charge in [-0.3, -0.25) is 19.3 Å². The molecule has 0 saturated heterocycles. The summed E-state index contributed by atoms with van der Waals surface area (Å²) in [4.78, 5) is 36.9. The number of nitrogens with one attached hydrogen (secondary N) is 1. The van der Waals surface area contributed by atoms with Crippen molar-refractivity contribution in [1.82, 2.24) is 10.2 Å². The van der Waals surface area contributed by atoms with Gasteiger partial charge in [0.05, 0.1) is 16.1 Å². The number of unbranched alkanes of at least 4 members (excludes halogenated alkanes) is 1. The molecular weight excluding hydrogens is 280 g/mol. The van der Waals surface area contributed by atoms with Crippen molar-refractivity contribution >= 4 is 29.3 Å². The van der Waals surface area contributed by atoms with Crippen LogP contribution in [0.2, 0.25) is 5.02 Å². The van der Waals surface area contributed by atoms with Crippen LogP contribution in [0.25, 0.3) is 0 Å². The summed E-state index contributed by atoms with van der Waals surface area (Å²) in [7, 11) is 0. The minimum absolute atomic E-state index is 0.181. The van der Waals surface area contributed by atoms with E-state index in [4.69, 9.17) is 11.6 Å². The lowest BCUT2D eigenvalue weighted by atomic mass is 10.1. The highest BCUT2D eigenvalue weighted by Gasteiger charge is 2.37. The molecule has 0 radical (unpaired) electrons. The Morgan fingerprint density at radius 1 is 1.30 bits per heavy atom. The Balaban J connectivity index is 2.09. The summed E-state index contributed by atoms with van der Waals surface area (Å²) in [5.74, 6) is -1.33. The van der Waals surface area contributed by atoms with Gasteiger partial charge in [-0.05, 0) is 18.6 Å². The van der Waals surface area contributed by atoms with E-state index in [1.165, 1.54) is 6.07 Å². The van der Waals surface area contributed by atoms with Gasteiger partial charge in [0, 0.05) is 6.54 Å². The van der Waals surface area contributed by atoms with E-state index in [9.17, 15) is 14.4 Å². The van der Waals surface area contributed by atoms with Gasteiger partial charge in [-0.1, -0.05) is 31.0 Å². The molecule has 0 fully saturated rings. The summed E-state index contributed by atoms with van der Waals surface area (Å²) in [5.41, 5.74) is 0.435. The number of nitrogens with zero attached hydrogens (tertiary/aromatic N) is 1. The predicted molar refractivity (Wildman–Crippen MR) is 74.7 cm³/mol. The normalized spacial score (nSPS) is 13.6. The van der Waals surface area contributed by atoms with E-state index in [2.05, 4.69) is 5.32 Å². The zero-order valence-electron chi connectivity index (χ0n) is 11.1. The highest BCUT2D eigenvalue weighted by molar-refractivity contribution is 6.37. The zero-order chi connectivity index (χ0) is 14.7. The molecule has 6 heteroatoms. The van der Waals surface area contributed by atoms with Crippen LogP contribution < -0.4 is 5.32 Å². The molecule has 1 aliphatic rings. The van der Waals surface area contributed by atoms with Crippen LogP contribution in [-0.4, -0.2) is 35.7 Å². The lowest BCUT2D eigenvalue weighted by molar-refractivity contribution is -0.121. The first-order valence-electron chi connectivity index (χ1n) is 6.47. The molecule has 0 unspecified atom stereocenters. The van der Waals surface area contributed by atoms with Crippen molar-refractivity contribution in [2.75, 3.05) is 13.1 Å². The SMILES string of the molecule is CCCCNC(=O)CN1C(=O)c2cccc(Cl)c2C1=O. The van der Waals surface area contributed by atoms with Crippen molar-refractivity contribution in [3.8, 4) is 0 Å². The fourth-order valence-electron chi connectivity index (χ4n) is 2.04. The van der Waals surface area contributed by atoms with Gasteiger partial charge in [-0.2, -0.15) is 0 Å². The molecule has 20 heavy (non-hydrogen) atoms. The van der Waals surface area contributed by atoms with Crippen LogP contribution >= 0.6 is 11.6 Å². The van der Waals surface area contributed by atoms with Crippen molar-refractivity contribution in [3.05, 3.63) is 34.3 Å². The van der Waals surface area contributed by atoms with Crippen LogP contribution in [0.15, 0.2) is 18.2 Å². The molecule has 0 spiro atoms. The van der Waals surface area contributed by atoms with E-state index >= 15 is 0 Å². The molecule has 106 valence electrons. The van der Waals surface area contributed by atoms with Crippen LogP contribution in [0.3, 0.4) is 0 Å². The molecule has 0 bridgehead atoms. The van der Waals surface area contributed by atoms with Crippen LogP contribution in [0, 0.1) is 0 Å². The topological polar surface area (TPSA) is 66.5 Å². The fourth-order valence-corrected chi connectivity index (χ4v) is 2.30. The van der Waals surface area contributed by atoms with Gasteiger partial charge in [-0.15, -0.1) is 0 Å². The number of hydrogen-bond donors (Lipinski definition) is 1. The summed E-state index contributed by atoms with van der Waals surface area (Å²) in [5, 5.41) is 2.91. The van der Waals surface area contributed by atoms with Crippen molar-refractivity contribution in [1.29, 1.82) is 0 Å². The first-order chi connectivity index (χ1) is 9.56. The Morgan fingerprint density at radius 3 is 2.70 bits per heavy atom. The summed E-state index contributed by atoms with van der Waals surface area (Å²) in [6, 6.07) is 4.70. The van der Waals surface area contributed by atoms with E-state index in [1.807, 2.05) is 6.92 Å². The molecule has 1 heterocycles. The van der Waals surface area contributed by atoms with E-state index in [1.54, 1.807) is 12.1 Å². The standard InChI is InChI=1S/C14H15ClN2O3/c1-2-3-7-16-11(18)8-17-13(19)9-5-4-6-10(15)12(9)14(17)20/h4-6H,2-3,7-8H2,1H3,(H,16,18). The Morgan fingerprint density at radius 2 is 2.05 bits per heavy atom. The molecular formula is C14H15ClN2O3. The number of amides is 3. The summed E-state index contributed by atoms with van der Waals surface area (Å²) >= 11 is 5.93. The van der Waals surface area contributed by atoms with Gasteiger partial charge in [0.1, 0.15) is 6.54 Å². The Kier molecular flexibility index (Phi) is 4.39. The third kappa shape index (κ3) is 2.67. The predicted octanol–water partition coefficient (Wildman–Crippen LogP) is 1.85. The average molecular weight is 295 g/mol. The van der Waals surface area contributed by atoms with E-state index < -0.39 is 11.8 Å². The van der Waals surface area contributed by atoms with Crippen LogP contribution in [0.1, 0.15) is 40.5 Å². The number of benzene rings is 1. The molecule has 5 nitrogen and oxygen atoms in total. The second-order valence-electron chi connectivity index (χ2n) is 4.56. The Labute approximate surface area is 121 Å². The number of rotatable bonds is 5. The quantitative estimate of drug-likeness (QED) is 0.666. The molecule has 0 aromatic heterocycles. The first kappa shape index (κ1) is 14.5. The van der Waals surface area contributed by atoms with E-state index in [0.717, 1.165) is 17.7 Å². The number of halogens is 1. The maximum atomic E-state index is 12.1. The molecule has 0 atom stereocenters. The van der Waals surface area contributed by atoms with Crippen molar-refractivity contribution in [3.63, 3.8) is 0 Å². The third-order valence-corrected chi connectivity index (χ3v) is 3.42. The maximum Gasteiger partial charge on any atom is 0.263 e. The molecule has 0 aliphatic carbocycles.